The van der Waals surface area contributed by atoms with Crippen LogP contribution in [0.2, 0.25) is 5.02 Å². The van der Waals surface area contributed by atoms with Gasteiger partial charge in [-0.05, 0) is 57.2 Å². The number of ether oxygens (including phenoxy) is 2. The highest BCUT2D eigenvalue weighted by atomic mass is 35.5. The lowest BCUT2D eigenvalue weighted by molar-refractivity contribution is 0.0240. The Hall–Kier alpha value is -4.31. The molecule has 4 aromatic rings. The number of methoxy groups -OCH3 is 1. The van der Waals surface area contributed by atoms with Crippen molar-refractivity contribution in [3.05, 3.63) is 71.8 Å². The molecule has 1 saturated heterocycles. The number of hydrogen-bond donors (Lipinski definition) is 1. The molecule has 1 fully saturated rings. The second-order valence-corrected chi connectivity index (χ2v) is 11.1. The molecule has 2 aromatic carbocycles. The summed E-state index contributed by atoms with van der Waals surface area (Å²) in [4.78, 5) is 20.8. The average Bonchev–Trinajstić information content (AvgIpc) is 3.43. The Labute approximate surface area is 243 Å². The SMILES string of the molecule is COc1cc(N2CCN(C(=O)OC(C)(C)C)CC2)ccc1-c1cnc(N)cc1-c1ccnn1-c1ccc(Cl)c(F)c1. The fraction of sp³-hybridized carbons (Fsp3) is 0.300. The number of amides is 1. The predicted octanol–water partition coefficient (Wildman–Crippen LogP) is 6.04. The second-order valence-electron chi connectivity index (χ2n) is 10.7. The second kappa shape index (κ2) is 11.3. The predicted molar refractivity (Wildman–Crippen MR) is 158 cm³/mol. The Bertz CT molecular complexity index is 1580. The number of carbonyl (C=O) groups excluding carboxylic acids is 1. The molecular weight excluding hydrogens is 547 g/mol. The van der Waals surface area contributed by atoms with E-state index in [0.717, 1.165) is 22.4 Å². The van der Waals surface area contributed by atoms with Gasteiger partial charge in [0.2, 0.25) is 0 Å². The Kier molecular flexibility index (Phi) is 7.77. The van der Waals surface area contributed by atoms with Gasteiger partial charge in [0.15, 0.2) is 0 Å². The fourth-order valence-electron chi connectivity index (χ4n) is 4.80. The molecule has 0 atom stereocenters. The third-order valence-corrected chi connectivity index (χ3v) is 7.07. The van der Waals surface area contributed by atoms with Crippen LogP contribution in [-0.2, 0) is 4.74 Å². The number of pyridine rings is 1. The maximum atomic E-state index is 14.3. The lowest BCUT2D eigenvalue weighted by atomic mass is 9.98. The summed E-state index contributed by atoms with van der Waals surface area (Å²) < 4.78 is 27.3. The maximum Gasteiger partial charge on any atom is 0.410 e. The largest absolute Gasteiger partial charge is 0.496 e. The van der Waals surface area contributed by atoms with Gasteiger partial charge >= 0.3 is 6.09 Å². The highest BCUT2D eigenvalue weighted by molar-refractivity contribution is 6.30. The van der Waals surface area contributed by atoms with Gasteiger partial charge in [0.1, 0.15) is 23.0 Å². The van der Waals surface area contributed by atoms with E-state index in [0.29, 0.717) is 49.1 Å². The number of halogens is 2. The first-order valence-corrected chi connectivity index (χ1v) is 13.6. The van der Waals surface area contributed by atoms with Gasteiger partial charge in [-0.2, -0.15) is 5.10 Å². The quantitative estimate of drug-likeness (QED) is 0.308. The molecule has 41 heavy (non-hydrogen) atoms. The van der Waals surface area contributed by atoms with Gasteiger partial charge in [0.25, 0.3) is 0 Å². The number of carbonyl (C=O) groups is 1. The van der Waals surface area contributed by atoms with Crippen LogP contribution >= 0.6 is 11.6 Å². The van der Waals surface area contributed by atoms with Gasteiger partial charge in [0.05, 0.1) is 29.7 Å². The molecule has 5 rings (SSSR count). The van der Waals surface area contributed by atoms with Crippen molar-refractivity contribution >= 4 is 29.2 Å². The van der Waals surface area contributed by atoms with E-state index in [9.17, 15) is 9.18 Å². The highest BCUT2D eigenvalue weighted by Crippen LogP contribution is 2.40. The zero-order valence-corrected chi connectivity index (χ0v) is 24.2. The first-order valence-electron chi connectivity index (χ1n) is 13.2. The van der Waals surface area contributed by atoms with E-state index in [-0.39, 0.29) is 11.1 Å². The molecule has 0 bridgehead atoms. The molecule has 0 saturated carbocycles. The molecule has 0 radical (unpaired) electrons. The van der Waals surface area contributed by atoms with Crippen molar-refractivity contribution in [3.63, 3.8) is 0 Å². The van der Waals surface area contributed by atoms with Crippen LogP contribution in [0.3, 0.4) is 0 Å². The number of rotatable bonds is 5. The van der Waals surface area contributed by atoms with Crippen LogP contribution in [0.5, 0.6) is 5.75 Å². The maximum absolute atomic E-state index is 14.3. The van der Waals surface area contributed by atoms with Gasteiger partial charge in [-0.25, -0.2) is 18.9 Å². The van der Waals surface area contributed by atoms with Crippen molar-refractivity contribution in [2.45, 2.75) is 26.4 Å². The standard InChI is InChI=1S/C30H32ClFN6O3/c1-30(2,3)41-29(39)37-13-11-36(12-14-37)19-5-7-21(27(16-19)40-4)23-18-34-28(33)17-22(23)26-9-10-35-38(26)20-6-8-24(31)25(32)15-20/h5-10,15-18H,11-14H2,1-4H3,(H2,33,34). The topological polar surface area (TPSA) is 98.7 Å². The van der Waals surface area contributed by atoms with Crippen LogP contribution in [-0.4, -0.2) is 64.6 Å². The molecule has 11 heteroatoms. The summed E-state index contributed by atoms with van der Waals surface area (Å²) in [5.74, 6) is 0.440. The lowest BCUT2D eigenvalue weighted by Crippen LogP contribution is -2.50. The number of benzene rings is 2. The minimum atomic E-state index is -0.538. The van der Waals surface area contributed by atoms with Crippen LogP contribution in [0, 0.1) is 5.82 Å². The summed E-state index contributed by atoms with van der Waals surface area (Å²) in [6, 6.07) is 14.1. The van der Waals surface area contributed by atoms with Gasteiger partial charge in [-0.15, -0.1) is 0 Å². The normalized spacial score (nSPS) is 13.8. The van der Waals surface area contributed by atoms with Crippen LogP contribution in [0.15, 0.2) is 60.9 Å². The number of nitrogen functional groups attached to an aromatic ring is 1. The Morgan fingerprint density at radius 1 is 0.976 bits per heavy atom. The Morgan fingerprint density at radius 2 is 1.71 bits per heavy atom. The van der Waals surface area contributed by atoms with Crippen LogP contribution in [0.1, 0.15) is 20.8 Å². The van der Waals surface area contributed by atoms with Crippen molar-refractivity contribution < 1.29 is 18.7 Å². The van der Waals surface area contributed by atoms with Crippen molar-refractivity contribution in [2.24, 2.45) is 0 Å². The monoisotopic (exact) mass is 578 g/mol. The number of piperazine rings is 1. The summed E-state index contributed by atoms with van der Waals surface area (Å²) in [5, 5.41) is 4.46. The summed E-state index contributed by atoms with van der Waals surface area (Å²) in [6.45, 7) is 8.02. The van der Waals surface area contributed by atoms with Crippen molar-refractivity contribution in [1.82, 2.24) is 19.7 Å². The molecule has 1 aliphatic heterocycles. The molecule has 0 spiro atoms. The van der Waals surface area contributed by atoms with Crippen molar-refractivity contribution in [2.75, 3.05) is 43.9 Å². The van der Waals surface area contributed by atoms with E-state index in [2.05, 4.69) is 15.0 Å². The van der Waals surface area contributed by atoms with Gasteiger partial charge in [-0.1, -0.05) is 11.6 Å². The minimum absolute atomic E-state index is 0.0346. The first-order chi connectivity index (χ1) is 19.5. The van der Waals surface area contributed by atoms with E-state index in [1.807, 2.05) is 45.0 Å². The number of nitrogens with zero attached hydrogens (tertiary/aromatic N) is 5. The molecule has 1 aliphatic rings. The van der Waals surface area contributed by atoms with E-state index < -0.39 is 11.4 Å². The van der Waals surface area contributed by atoms with Crippen molar-refractivity contribution in [3.8, 4) is 33.8 Å². The van der Waals surface area contributed by atoms with Gasteiger partial charge in [0, 0.05) is 66.9 Å². The summed E-state index contributed by atoms with van der Waals surface area (Å²) in [5.41, 5.74) is 10.1. The number of hydrogen-bond acceptors (Lipinski definition) is 7. The summed E-state index contributed by atoms with van der Waals surface area (Å²) >= 11 is 5.90. The van der Waals surface area contributed by atoms with Gasteiger partial charge < -0.3 is 25.0 Å². The Balaban J connectivity index is 1.45. The Morgan fingerprint density at radius 3 is 2.39 bits per heavy atom. The average molecular weight is 579 g/mol. The molecule has 2 aromatic heterocycles. The number of aromatic nitrogens is 3. The molecule has 0 unspecified atom stereocenters. The third kappa shape index (κ3) is 6.07. The van der Waals surface area contributed by atoms with Crippen molar-refractivity contribution in [1.29, 1.82) is 0 Å². The first kappa shape index (κ1) is 28.2. The molecule has 9 nitrogen and oxygen atoms in total. The lowest BCUT2D eigenvalue weighted by Gasteiger charge is -2.37. The van der Waals surface area contributed by atoms with E-state index in [1.54, 1.807) is 41.2 Å². The smallest absolute Gasteiger partial charge is 0.410 e. The summed E-state index contributed by atoms with van der Waals surface area (Å²) in [6.07, 6.45) is 3.04. The molecule has 0 aliphatic carbocycles. The van der Waals surface area contributed by atoms with Crippen LogP contribution in [0.4, 0.5) is 20.7 Å². The molecule has 2 N–H and O–H groups in total. The van der Waals surface area contributed by atoms with Crippen LogP contribution in [0.25, 0.3) is 28.1 Å². The molecule has 3 heterocycles. The minimum Gasteiger partial charge on any atom is -0.496 e. The van der Waals surface area contributed by atoms with E-state index >= 15 is 0 Å². The molecule has 214 valence electrons. The zero-order chi connectivity index (χ0) is 29.3. The molecule has 1 amide bonds. The zero-order valence-electron chi connectivity index (χ0n) is 23.4. The van der Waals surface area contributed by atoms with E-state index in [1.165, 1.54) is 12.1 Å². The third-order valence-electron chi connectivity index (χ3n) is 6.76. The van der Waals surface area contributed by atoms with E-state index in [4.69, 9.17) is 26.8 Å². The highest BCUT2D eigenvalue weighted by Gasteiger charge is 2.26. The van der Waals surface area contributed by atoms with Crippen LogP contribution < -0.4 is 15.4 Å². The number of nitrogens with two attached hydrogens (primary N) is 1. The van der Waals surface area contributed by atoms with Gasteiger partial charge in [-0.3, -0.25) is 0 Å². The molecular formula is C30H32ClFN6O3. The summed E-state index contributed by atoms with van der Waals surface area (Å²) in [7, 11) is 1.62. The fourth-order valence-corrected chi connectivity index (χ4v) is 4.92. The number of anilines is 2.